The van der Waals surface area contributed by atoms with Crippen molar-refractivity contribution in [2.24, 2.45) is 5.41 Å². The fraction of sp³-hybridized carbons (Fsp3) is 0.556. The van der Waals surface area contributed by atoms with Crippen molar-refractivity contribution in [3.63, 3.8) is 0 Å². The Kier molecular flexibility index (Phi) is 11.6. The number of pyridine rings is 1. The van der Waals surface area contributed by atoms with Crippen molar-refractivity contribution in [1.29, 1.82) is 0 Å². The number of likely N-dealkylation sites (tertiary alicyclic amines) is 1. The molecule has 1 aliphatic heterocycles. The van der Waals surface area contributed by atoms with E-state index in [1.165, 1.54) is 18.6 Å². The highest BCUT2D eigenvalue weighted by molar-refractivity contribution is 5.93. The molecule has 3 heterocycles. The number of methoxy groups -OCH3 is 1. The summed E-state index contributed by atoms with van der Waals surface area (Å²) in [7, 11) is 1.51. The highest BCUT2D eigenvalue weighted by Crippen LogP contribution is 2.43. The third-order valence-electron chi connectivity index (χ3n) is 8.54. The molecule has 14 heteroatoms. The quantitative estimate of drug-likeness (QED) is 0.192. The maximum Gasteiger partial charge on any atom is 0.408 e. The molecule has 2 aromatic heterocycles. The van der Waals surface area contributed by atoms with Gasteiger partial charge in [-0.15, -0.1) is 0 Å². The number of hydrogen-bond donors (Lipinski definition) is 2. The van der Waals surface area contributed by atoms with Crippen molar-refractivity contribution in [3.8, 4) is 11.3 Å². The van der Waals surface area contributed by atoms with E-state index < -0.39 is 53.9 Å². The van der Waals surface area contributed by atoms with Crippen molar-refractivity contribution in [1.82, 2.24) is 19.8 Å². The van der Waals surface area contributed by atoms with Gasteiger partial charge in [-0.05, 0) is 69.5 Å². The van der Waals surface area contributed by atoms with E-state index in [0.717, 1.165) is 5.56 Å². The van der Waals surface area contributed by atoms with Crippen molar-refractivity contribution in [3.05, 3.63) is 53.3 Å². The Morgan fingerprint density at radius 3 is 2.36 bits per heavy atom. The summed E-state index contributed by atoms with van der Waals surface area (Å²) >= 11 is 0. The third-order valence-corrected chi connectivity index (χ3v) is 8.54. The van der Waals surface area contributed by atoms with Gasteiger partial charge in [0.1, 0.15) is 18.2 Å². The number of nitrogens with zero attached hydrogens (tertiary/aromatic N) is 3. The summed E-state index contributed by atoms with van der Waals surface area (Å²) in [5.74, 6) is -1.68. The summed E-state index contributed by atoms with van der Waals surface area (Å²) in [4.78, 5) is 42.3. The number of hydrogen-bond acceptors (Lipinski definition) is 8. The molecule has 1 amide bonds. The van der Waals surface area contributed by atoms with E-state index in [1.807, 2.05) is 30.9 Å². The molecule has 274 valence electrons. The number of aromatic nitrogens is 2. The standard InChI is InChI=1S/C36H47F3N4O7/c1-21(48-8)30-25(10-9-13-40-30)31-27(15-35(6,7)20-49-22(2)44)26-14-23(11-12-29(26)43(31)19-36(37,38)39)24-16-42(17-24)18-28(32(45)46)41-33(47)50-34(3,4)5/h9-14,21,24,28H,15-20H2,1-8H3,(H,41,47)(H,45,46)/t21-,28-/m0/s1. The van der Waals surface area contributed by atoms with Gasteiger partial charge in [0.25, 0.3) is 0 Å². The van der Waals surface area contributed by atoms with E-state index in [1.54, 1.807) is 52.1 Å². The number of carboxylic acids is 1. The fourth-order valence-corrected chi connectivity index (χ4v) is 6.23. The van der Waals surface area contributed by atoms with Gasteiger partial charge in [0, 0.05) is 67.7 Å². The number of rotatable bonds is 13. The number of alkyl carbamates (subject to hydrolysis) is 1. The molecule has 11 nitrogen and oxygen atoms in total. The summed E-state index contributed by atoms with van der Waals surface area (Å²) in [5.41, 5.74) is 1.85. The Balaban J connectivity index is 1.76. The van der Waals surface area contributed by atoms with Crippen LogP contribution in [0.1, 0.15) is 77.3 Å². The van der Waals surface area contributed by atoms with Crippen LogP contribution in [0.3, 0.4) is 0 Å². The molecular formula is C36H47F3N4O7. The van der Waals surface area contributed by atoms with Gasteiger partial charge in [-0.3, -0.25) is 14.7 Å². The Morgan fingerprint density at radius 2 is 1.78 bits per heavy atom. The number of carboxylic acid groups (broad SMARTS) is 1. The fourth-order valence-electron chi connectivity index (χ4n) is 6.23. The number of carbonyl (C=O) groups excluding carboxylic acids is 2. The average molecular weight is 705 g/mol. The zero-order chi connectivity index (χ0) is 37.2. The number of fused-ring (bicyclic) bond motifs is 1. The first-order valence-electron chi connectivity index (χ1n) is 16.5. The van der Waals surface area contributed by atoms with Gasteiger partial charge >= 0.3 is 24.2 Å². The number of nitrogens with one attached hydrogen (secondary N) is 1. The van der Waals surface area contributed by atoms with E-state index >= 15 is 0 Å². The summed E-state index contributed by atoms with van der Waals surface area (Å²) in [6.07, 6.45) is -4.02. The largest absolute Gasteiger partial charge is 0.480 e. The van der Waals surface area contributed by atoms with Gasteiger partial charge in [-0.25, -0.2) is 9.59 Å². The Hall–Kier alpha value is -4.17. The van der Waals surface area contributed by atoms with Gasteiger partial charge < -0.3 is 29.2 Å². The monoisotopic (exact) mass is 704 g/mol. The molecule has 1 aromatic carbocycles. The molecular weight excluding hydrogens is 657 g/mol. The maximum absolute atomic E-state index is 14.3. The van der Waals surface area contributed by atoms with Crippen molar-refractivity contribution >= 4 is 28.9 Å². The van der Waals surface area contributed by atoms with E-state index in [9.17, 15) is 32.7 Å². The van der Waals surface area contributed by atoms with Crippen LogP contribution < -0.4 is 5.32 Å². The molecule has 0 saturated carbocycles. The number of aliphatic carboxylic acids is 1. The predicted molar refractivity (Wildman–Crippen MR) is 181 cm³/mol. The van der Waals surface area contributed by atoms with Crippen molar-refractivity contribution in [2.45, 2.75) is 91.3 Å². The first-order chi connectivity index (χ1) is 23.2. The minimum Gasteiger partial charge on any atom is -0.480 e. The van der Waals surface area contributed by atoms with Crippen LogP contribution in [-0.2, 0) is 36.8 Å². The van der Waals surface area contributed by atoms with Gasteiger partial charge in [-0.1, -0.05) is 19.9 Å². The number of amides is 1. The van der Waals surface area contributed by atoms with Gasteiger partial charge in [0.2, 0.25) is 0 Å². The number of ether oxygens (including phenoxy) is 3. The number of carbonyl (C=O) groups is 3. The van der Waals surface area contributed by atoms with Crippen LogP contribution in [0.2, 0.25) is 0 Å². The summed E-state index contributed by atoms with van der Waals surface area (Å²) in [6, 6.07) is 7.66. The van der Waals surface area contributed by atoms with Crippen LogP contribution >= 0.6 is 0 Å². The first-order valence-corrected chi connectivity index (χ1v) is 16.5. The SMILES string of the molecule is CO[C@@H](C)c1ncccc1-c1c(CC(C)(C)COC(C)=O)c2cc(C3CN(C[C@H](NC(=O)OC(C)(C)C)C(=O)O)C3)ccc2n1CC(F)(F)F. The summed E-state index contributed by atoms with van der Waals surface area (Å²) in [5, 5.41) is 12.8. The number of benzene rings is 1. The lowest BCUT2D eigenvalue weighted by atomic mass is 9.83. The molecule has 1 saturated heterocycles. The lowest BCUT2D eigenvalue weighted by Gasteiger charge is -2.41. The predicted octanol–water partition coefficient (Wildman–Crippen LogP) is 6.48. The minimum atomic E-state index is -4.54. The van der Waals surface area contributed by atoms with Crippen LogP contribution in [0, 0.1) is 5.41 Å². The van der Waals surface area contributed by atoms with Crippen LogP contribution in [-0.4, -0.2) is 88.8 Å². The van der Waals surface area contributed by atoms with E-state index in [4.69, 9.17) is 14.2 Å². The average Bonchev–Trinajstić information content (AvgIpc) is 3.25. The maximum atomic E-state index is 14.3. The van der Waals surface area contributed by atoms with Gasteiger partial charge in [-0.2, -0.15) is 13.2 Å². The summed E-state index contributed by atoms with van der Waals surface area (Å²) < 4.78 is 60.3. The van der Waals surface area contributed by atoms with E-state index in [-0.39, 0.29) is 25.5 Å². The van der Waals surface area contributed by atoms with E-state index in [0.29, 0.717) is 46.5 Å². The molecule has 0 unspecified atom stereocenters. The van der Waals surface area contributed by atoms with Crippen molar-refractivity contribution < 1.29 is 46.9 Å². The lowest BCUT2D eigenvalue weighted by Crippen LogP contribution is -2.55. The first kappa shape index (κ1) is 38.6. The Morgan fingerprint density at radius 1 is 1.10 bits per heavy atom. The minimum absolute atomic E-state index is 0.0332. The molecule has 1 fully saturated rings. The molecule has 0 spiro atoms. The van der Waals surface area contributed by atoms with Crippen LogP contribution in [0.4, 0.5) is 18.0 Å². The van der Waals surface area contributed by atoms with Crippen LogP contribution in [0.5, 0.6) is 0 Å². The number of alkyl halides is 3. The molecule has 2 N–H and O–H groups in total. The van der Waals surface area contributed by atoms with E-state index in [2.05, 4.69) is 10.3 Å². The van der Waals surface area contributed by atoms with Crippen LogP contribution in [0.25, 0.3) is 22.2 Å². The Bertz CT molecular complexity index is 1710. The molecule has 0 bridgehead atoms. The lowest BCUT2D eigenvalue weighted by molar-refractivity contribution is -0.144. The molecule has 50 heavy (non-hydrogen) atoms. The third kappa shape index (κ3) is 9.75. The second-order valence-corrected chi connectivity index (χ2v) is 14.7. The molecule has 4 rings (SSSR count). The van der Waals surface area contributed by atoms with Crippen molar-refractivity contribution in [2.75, 3.05) is 33.4 Å². The highest BCUT2D eigenvalue weighted by atomic mass is 19.4. The van der Waals surface area contributed by atoms with Crippen LogP contribution in [0.15, 0.2) is 36.5 Å². The molecule has 3 aromatic rings. The second kappa shape index (κ2) is 15.0. The highest BCUT2D eigenvalue weighted by Gasteiger charge is 2.37. The number of halogens is 3. The normalized spacial score (nSPS) is 15.7. The van der Waals surface area contributed by atoms with Gasteiger partial charge in [0.15, 0.2) is 0 Å². The zero-order valence-corrected chi connectivity index (χ0v) is 29.8. The molecule has 0 radical (unpaired) electrons. The molecule has 1 aliphatic rings. The number of esters is 1. The second-order valence-electron chi connectivity index (χ2n) is 14.7. The Labute approximate surface area is 290 Å². The smallest absolute Gasteiger partial charge is 0.408 e. The van der Waals surface area contributed by atoms with Gasteiger partial charge in [0.05, 0.1) is 24.1 Å². The molecule has 0 aliphatic carbocycles. The topological polar surface area (TPSA) is 132 Å². The zero-order valence-electron chi connectivity index (χ0n) is 29.8. The molecule has 2 atom stereocenters. The summed E-state index contributed by atoms with van der Waals surface area (Å²) in [6.45, 7) is 11.8.